The lowest BCUT2D eigenvalue weighted by Gasteiger charge is -2.36. The van der Waals surface area contributed by atoms with Crippen LogP contribution in [0.25, 0.3) is 55.2 Å². The molecule has 1 aliphatic rings. The molecule has 0 spiro atoms. The predicted molar refractivity (Wildman–Crippen MR) is 170 cm³/mol. The van der Waals surface area contributed by atoms with Crippen LogP contribution >= 0.6 is 0 Å². The molecule has 0 fully saturated rings. The lowest BCUT2D eigenvalue weighted by molar-refractivity contribution is -0.740. The third kappa shape index (κ3) is 3.00. The average Bonchev–Trinajstić information content (AvgIpc) is 3.43. The number of aromatic nitrogens is 3. The van der Waals surface area contributed by atoms with Gasteiger partial charge in [-0.2, -0.15) is 4.57 Å². The van der Waals surface area contributed by atoms with Crippen LogP contribution in [0.1, 0.15) is 11.1 Å². The molecule has 0 bridgehead atoms. The molecule has 3 heteroatoms. The molecule has 196 valence electrons. The molecule has 3 nitrogen and oxygen atoms in total. The molecule has 0 saturated heterocycles. The van der Waals surface area contributed by atoms with Crippen LogP contribution in [-0.2, 0) is 5.66 Å². The highest BCUT2D eigenvalue weighted by Gasteiger charge is 2.53. The molecule has 0 atom stereocenters. The summed E-state index contributed by atoms with van der Waals surface area (Å²) in [5, 5.41) is 3.66. The number of hydrogen-bond acceptors (Lipinski definition) is 1. The molecule has 0 saturated carbocycles. The number of benzene rings is 5. The van der Waals surface area contributed by atoms with Gasteiger partial charge in [0.15, 0.2) is 11.9 Å². The molecule has 5 aromatic carbocycles. The van der Waals surface area contributed by atoms with Gasteiger partial charge in [0.1, 0.15) is 0 Å². The van der Waals surface area contributed by atoms with Crippen molar-refractivity contribution in [2.75, 3.05) is 0 Å². The minimum Gasteiger partial charge on any atom is -0.269 e. The average molecular weight is 537 g/mol. The van der Waals surface area contributed by atoms with E-state index in [-0.39, 0.29) is 0 Å². The molecule has 42 heavy (non-hydrogen) atoms. The molecular weight excluding hydrogens is 510 g/mol. The van der Waals surface area contributed by atoms with Crippen molar-refractivity contribution in [1.29, 1.82) is 0 Å². The van der Waals surface area contributed by atoms with Gasteiger partial charge in [0.05, 0.1) is 27.7 Å². The predicted octanol–water partition coefficient (Wildman–Crippen LogP) is 8.58. The van der Waals surface area contributed by atoms with Gasteiger partial charge >= 0.3 is 5.66 Å². The number of pyridine rings is 2. The summed E-state index contributed by atoms with van der Waals surface area (Å²) >= 11 is 0. The van der Waals surface area contributed by atoms with Crippen LogP contribution in [0.5, 0.6) is 0 Å². The maximum atomic E-state index is 5.42. The molecule has 0 amide bonds. The van der Waals surface area contributed by atoms with Gasteiger partial charge in [-0.25, -0.2) is 4.98 Å². The lowest BCUT2D eigenvalue weighted by Crippen LogP contribution is -2.64. The molecule has 0 unspecified atom stereocenters. The minimum absolute atomic E-state index is 0.689. The number of hydrogen-bond donors (Lipinski definition) is 0. The highest BCUT2D eigenvalue weighted by molar-refractivity contribution is 6.23. The first-order valence-electron chi connectivity index (χ1n) is 14.4. The Kier molecular flexibility index (Phi) is 4.82. The Morgan fingerprint density at radius 3 is 1.86 bits per heavy atom. The van der Waals surface area contributed by atoms with Crippen molar-refractivity contribution < 1.29 is 4.57 Å². The first-order valence-corrected chi connectivity index (χ1v) is 14.4. The van der Waals surface area contributed by atoms with Gasteiger partial charge in [0, 0.05) is 28.3 Å². The van der Waals surface area contributed by atoms with Crippen LogP contribution in [0.15, 0.2) is 158 Å². The molecule has 0 radical (unpaired) electrons. The molecular formula is C39H26N3+. The van der Waals surface area contributed by atoms with Gasteiger partial charge < -0.3 is 0 Å². The maximum absolute atomic E-state index is 5.42. The van der Waals surface area contributed by atoms with E-state index in [1.165, 1.54) is 43.9 Å². The van der Waals surface area contributed by atoms with Crippen molar-refractivity contribution in [3.63, 3.8) is 0 Å². The zero-order valence-corrected chi connectivity index (χ0v) is 22.9. The molecule has 3 aromatic heterocycles. The van der Waals surface area contributed by atoms with E-state index in [9.17, 15) is 0 Å². The molecule has 8 aromatic rings. The fourth-order valence-corrected chi connectivity index (χ4v) is 7.13. The number of nitrogens with zero attached hydrogens (tertiary/aromatic N) is 3. The van der Waals surface area contributed by atoms with E-state index in [1.807, 2.05) is 0 Å². The summed E-state index contributed by atoms with van der Waals surface area (Å²) in [6.45, 7) is 0. The number of fused-ring (bicyclic) bond motifs is 7. The van der Waals surface area contributed by atoms with Gasteiger partial charge in [0.2, 0.25) is 5.69 Å². The lowest BCUT2D eigenvalue weighted by atomic mass is 9.87. The van der Waals surface area contributed by atoms with Crippen LogP contribution in [0, 0.1) is 0 Å². The number of rotatable bonds is 3. The van der Waals surface area contributed by atoms with Crippen LogP contribution in [0.3, 0.4) is 0 Å². The largest absolute Gasteiger partial charge is 0.301 e. The van der Waals surface area contributed by atoms with Gasteiger partial charge in [-0.15, -0.1) is 0 Å². The van der Waals surface area contributed by atoms with E-state index >= 15 is 0 Å². The van der Waals surface area contributed by atoms with E-state index < -0.39 is 5.66 Å². The summed E-state index contributed by atoms with van der Waals surface area (Å²) < 4.78 is 4.99. The van der Waals surface area contributed by atoms with Crippen LogP contribution in [0.2, 0.25) is 0 Å². The van der Waals surface area contributed by atoms with Crippen molar-refractivity contribution in [3.8, 4) is 22.5 Å². The van der Waals surface area contributed by atoms with Crippen molar-refractivity contribution in [2.45, 2.75) is 5.66 Å². The Hall–Kier alpha value is -5.54. The Balaban J connectivity index is 1.57. The zero-order chi connectivity index (χ0) is 27.7. The summed E-state index contributed by atoms with van der Waals surface area (Å²) in [7, 11) is 0. The second kappa shape index (κ2) is 8.73. The molecule has 4 heterocycles. The zero-order valence-electron chi connectivity index (χ0n) is 22.9. The summed E-state index contributed by atoms with van der Waals surface area (Å²) in [5.41, 5.74) is 9.50. The highest BCUT2D eigenvalue weighted by atomic mass is 15.3. The fraction of sp³-hybridized carbons (Fsp3) is 0.0256. The monoisotopic (exact) mass is 536 g/mol. The summed E-state index contributed by atoms with van der Waals surface area (Å²) in [6, 6.07) is 54.4. The van der Waals surface area contributed by atoms with E-state index in [0.29, 0.717) is 0 Å². The fourth-order valence-electron chi connectivity index (χ4n) is 7.13. The van der Waals surface area contributed by atoms with E-state index in [0.717, 1.165) is 22.4 Å². The molecule has 0 aliphatic carbocycles. The van der Waals surface area contributed by atoms with E-state index in [1.54, 1.807) is 0 Å². The Morgan fingerprint density at radius 1 is 0.548 bits per heavy atom. The van der Waals surface area contributed by atoms with Gasteiger partial charge in [-0.1, -0.05) is 103 Å². The Labute approximate surface area is 243 Å². The standard InChI is InChI=1S/C39H26N3/c1-4-14-27(15-5-1)28-24-25-41-35(26-28)37-38-36(31-20-10-12-22-33(31)40-37)32-21-11-13-23-34(32)42(38)39(41,29-16-6-2-7-17-29)30-18-8-3-9-19-30/h1-26H/q+1. The summed E-state index contributed by atoms with van der Waals surface area (Å²) in [4.78, 5) is 5.42. The van der Waals surface area contributed by atoms with E-state index in [4.69, 9.17) is 4.98 Å². The molecule has 0 N–H and O–H groups in total. The first-order chi connectivity index (χ1) is 20.9. The smallest absolute Gasteiger partial charge is 0.269 e. The molecule has 1 aliphatic heterocycles. The number of para-hydroxylation sites is 2. The Morgan fingerprint density at radius 2 is 1.14 bits per heavy atom. The summed E-state index contributed by atoms with van der Waals surface area (Å²) in [5.74, 6) is 0. The van der Waals surface area contributed by atoms with E-state index in [2.05, 4.69) is 167 Å². The van der Waals surface area contributed by atoms with Crippen LogP contribution in [0.4, 0.5) is 0 Å². The van der Waals surface area contributed by atoms with Gasteiger partial charge in [-0.05, 0) is 47.5 Å². The van der Waals surface area contributed by atoms with Crippen molar-refractivity contribution in [3.05, 3.63) is 169 Å². The second-order valence-electron chi connectivity index (χ2n) is 11.0. The summed E-state index contributed by atoms with van der Waals surface area (Å²) in [6.07, 6.45) is 2.26. The molecule has 9 rings (SSSR count). The minimum atomic E-state index is -0.689. The Bertz CT molecular complexity index is 2250. The SMILES string of the molecule is c1ccc(-c2cc[n+]3c(c2)-c2nc4ccccc4c4c5ccccc5n(c24)C3(c2ccccc2)c2ccccc2)cc1. The quantitative estimate of drug-likeness (QED) is 0.207. The van der Waals surface area contributed by atoms with Crippen molar-refractivity contribution >= 4 is 32.7 Å². The maximum Gasteiger partial charge on any atom is 0.301 e. The van der Waals surface area contributed by atoms with Gasteiger partial charge in [0.25, 0.3) is 0 Å². The first kappa shape index (κ1) is 23.2. The van der Waals surface area contributed by atoms with Crippen LogP contribution in [-0.4, -0.2) is 9.55 Å². The van der Waals surface area contributed by atoms with Crippen molar-refractivity contribution in [1.82, 2.24) is 9.55 Å². The normalized spacial score (nSPS) is 13.4. The third-order valence-corrected chi connectivity index (χ3v) is 8.83. The van der Waals surface area contributed by atoms with Crippen molar-refractivity contribution in [2.24, 2.45) is 0 Å². The second-order valence-corrected chi connectivity index (χ2v) is 11.0. The van der Waals surface area contributed by atoms with Gasteiger partial charge in [-0.3, -0.25) is 4.57 Å². The van der Waals surface area contributed by atoms with Crippen LogP contribution < -0.4 is 4.57 Å². The topological polar surface area (TPSA) is 21.7 Å². The third-order valence-electron chi connectivity index (χ3n) is 8.83. The highest BCUT2D eigenvalue weighted by Crippen LogP contribution is 2.48.